The first kappa shape index (κ1) is 24.9. The number of alkyl halides is 3. The molecule has 0 atom stereocenters. The van der Waals surface area contributed by atoms with Gasteiger partial charge in [0.15, 0.2) is 0 Å². The molecule has 1 N–H and O–H groups in total. The van der Waals surface area contributed by atoms with Crippen molar-refractivity contribution < 1.29 is 31.5 Å². The van der Waals surface area contributed by atoms with Gasteiger partial charge in [-0.3, -0.25) is 4.79 Å². The summed E-state index contributed by atoms with van der Waals surface area (Å²) in [5, 5.41) is 8.73. The lowest BCUT2D eigenvalue weighted by molar-refractivity contribution is -0.138. The molecule has 2 rings (SSSR count). The summed E-state index contributed by atoms with van der Waals surface area (Å²) in [6.45, 7) is 2.36. The summed E-state index contributed by atoms with van der Waals surface area (Å²) in [4.78, 5) is 10.5. The van der Waals surface area contributed by atoms with E-state index >= 15 is 0 Å². The van der Waals surface area contributed by atoms with Crippen LogP contribution < -0.4 is 0 Å². The van der Waals surface area contributed by atoms with Crippen LogP contribution >= 0.6 is 0 Å². The third-order valence-electron chi connectivity index (χ3n) is 4.82. The highest BCUT2D eigenvalue weighted by Gasteiger charge is 2.31. The average Bonchev–Trinajstić information content (AvgIpc) is 2.72. The number of nitrogens with zero attached hydrogens (tertiary/aromatic N) is 1. The monoisotopic (exact) mass is 457 g/mol. The summed E-state index contributed by atoms with van der Waals surface area (Å²) in [6.07, 6.45) is -2.25. The second-order valence-corrected chi connectivity index (χ2v) is 9.18. The molecule has 0 bridgehead atoms. The van der Waals surface area contributed by atoms with Crippen LogP contribution in [-0.4, -0.2) is 36.9 Å². The van der Waals surface area contributed by atoms with Crippen molar-refractivity contribution >= 4 is 16.0 Å². The van der Waals surface area contributed by atoms with Gasteiger partial charge in [0.05, 0.1) is 10.5 Å². The van der Waals surface area contributed by atoms with Gasteiger partial charge >= 0.3 is 12.1 Å². The molecule has 170 valence electrons. The molecule has 0 saturated heterocycles. The molecule has 0 aliphatic heterocycles. The third-order valence-corrected chi connectivity index (χ3v) is 6.73. The highest BCUT2D eigenvalue weighted by molar-refractivity contribution is 7.89. The maximum absolute atomic E-state index is 12.9. The minimum Gasteiger partial charge on any atom is -0.481 e. The topological polar surface area (TPSA) is 74.7 Å². The quantitative estimate of drug-likeness (QED) is 0.528. The van der Waals surface area contributed by atoms with E-state index in [0.29, 0.717) is 25.7 Å². The zero-order chi connectivity index (χ0) is 23.1. The lowest BCUT2D eigenvalue weighted by Crippen LogP contribution is -2.33. The average molecular weight is 458 g/mol. The maximum Gasteiger partial charge on any atom is 0.416 e. The van der Waals surface area contributed by atoms with Crippen LogP contribution in [0.4, 0.5) is 13.2 Å². The van der Waals surface area contributed by atoms with Gasteiger partial charge in [-0.05, 0) is 61.1 Å². The molecule has 0 fully saturated rings. The van der Waals surface area contributed by atoms with Crippen molar-refractivity contribution in [1.29, 1.82) is 0 Å². The Bertz CT molecular complexity index is 956. The molecular weight excluding hydrogens is 431 g/mol. The number of sulfonamides is 1. The van der Waals surface area contributed by atoms with Crippen molar-refractivity contribution in [3.8, 4) is 0 Å². The summed E-state index contributed by atoms with van der Waals surface area (Å²) in [7, 11) is -3.89. The third kappa shape index (κ3) is 7.36. The fourth-order valence-electron chi connectivity index (χ4n) is 3.15. The van der Waals surface area contributed by atoms with Gasteiger partial charge in [-0.15, -0.1) is 0 Å². The number of hydrogen-bond donors (Lipinski definition) is 1. The standard InChI is InChI=1S/C22H26F3NO4S/c1-2-15-26(31(29,30)20-12-10-19(11-13-20)22(23,24)25)16-3-4-17-5-7-18(8-6-17)9-14-21(27)28/h5-8,10-13H,2-4,9,14-16H2,1H3,(H,27,28). The molecule has 31 heavy (non-hydrogen) atoms. The summed E-state index contributed by atoms with van der Waals surface area (Å²) < 4.78 is 65.3. The van der Waals surface area contributed by atoms with Gasteiger partial charge in [0, 0.05) is 19.5 Å². The fraction of sp³-hybridized carbons (Fsp3) is 0.409. The fourth-order valence-corrected chi connectivity index (χ4v) is 4.72. The van der Waals surface area contributed by atoms with Gasteiger partial charge in [-0.1, -0.05) is 31.2 Å². The highest BCUT2D eigenvalue weighted by atomic mass is 32.2. The summed E-state index contributed by atoms with van der Waals surface area (Å²) >= 11 is 0. The van der Waals surface area contributed by atoms with E-state index in [9.17, 15) is 26.4 Å². The van der Waals surface area contributed by atoms with Gasteiger partial charge in [0.2, 0.25) is 10.0 Å². The number of hydrogen-bond acceptors (Lipinski definition) is 3. The van der Waals surface area contributed by atoms with Gasteiger partial charge in [0.1, 0.15) is 0 Å². The molecule has 0 amide bonds. The number of rotatable bonds is 11. The minimum absolute atomic E-state index is 0.0626. The Labute approximate surface area is 180 Å². The number of carboxylic acids is 1. The number of carbonyl (C=O) groups is 1. The van der Waals surface area contributed by atoms with E-state index in [1.807, 2.05) is 31.2 Å². The summed E-state index contributed by atoms with van der Waals surface area (Å²) in [5.74, 6) is -0.852. The van der Waals surface area contributed by atoms with Crippen molar-refractivity contribution in [2.45, 2.75) is 50.1 Å². The molecule has 0 heterocycles. The molecule has 0 spiro atoms. The number of benzene rings is 2. The molecule has 2 aromatic rings. The van der Waals surface area contributed by atoms with E-state index in [-0.39, 0.29) is 24.4 Å². The first-order valence-corrected chi connectivity index (χ1v) is 11.4. The van der Waals surface area contributed by atoms with E-state index < -0.39 is 27.7 Å². The van der Waals surface area contributed by atoms with E-state index in [0.717, 1.165) is 35.4 Å². The zero-order valence-corrected chi connectivity index (χ0v) is 18.0. The van der Waals surface area contributed by atoms with Crippen molar-refractivity contribution in [2.75, 3.05) is 13.1 Å². The Hall–Kier alpha value is -2.39. The number of halogens is 3. The maximum atomic E-state index is 12.9. The summed E-state index contributed by atoms with van der Waals surface area (Å²) in [6, 6.07) is 11.1. The van der Waals surface area contributed by atoms with Gasteiger partial charge < -0.3 is 5.11 Å². The van der Waals surface area contributed by atoms with Crippen LogP contribution in [-0.2, 0) is 33.8 Å². The van der Waals surface area contributed by atoms with E-state index in [1.54, 1.807) is 0 Å². The normalized spacial score (nSPS) is 12.3. The minimum atomic E-state index is -4.52. The molecule has 0 unspecified atom stereocenters. The van der Waals surface area contributed by atoms with Crippen LogP contribution in [0.5, 0.6) is 0 Å². The first-order chi connectivity index (χ1) is 14.5. The highest BCUT2D eigenvalue weighted by Crippen LogP contribution is 2.30. The molecule has 0 radical (unpaired) electrons. The second-order valence-electron chi connectivity index (χ2n) is 7.24. The van der Waals surface area contributed by atoms with E-state index in [2.05, 4.69) is 0 Å². The van der Waals surface area contributed by atoms with Crippen LogP contribution in [0, 0.1) is 0 Å². The molecular formula is C22H26F3NO4S. The lowest BCUT2D eigenvalue weighted by atomic mass is 10.0. The Morgan fingerprint density at radius 2 is 1.48 bits per heavy atom. The molecule has 2 aromatic carbocycles. The Balaban J connectivity index is 2.01. The van der Waals surface area contributed by atoms with Crippen molar-refractivity contribution in [3.63, 3.8) is 0 Å². The first-order valence-electron chi connectivity index (χ1n) is 10.0. The van der Waals surface area contributed by atoms with E-state index in [1.165, 1.54) is 4.31 Å². The van der Waals surface area contributed by atoms with Crippen LogP contribution in [0.1, 0.15) is 42.9 Å². The second kappa shape index (κ2) is 10.8. The molecule has 0 aliphatic carbocycles. The van der Waals surface area contributed by atoms with Crippen LogP contribution in [0.3, 0.4) is 0 Å². The number of aryl methyl sites for hydroxylation is 2. The SMILES string of the molecule is CCCN(CCCc1ccc(CCC(=O)O)cc1)S(=O)(=O)c1ccc(C(F)(F)F)cc1. The number of carboxylic acid groups (broad SMARTS) is 1. The molecule has 0 aromatic heterocycles. The predicted octanol–water partition coefficient (Wildman–Crippen LogP) is 4.76. The van der Waals surface area contributed by atoms with E-state index in [4.69, 9.17) is 5.11 Å². The molecule has 9 heteroatoms. The van der Waals surface area contributed by atoms with Crippen LogP contribution in [0.15, 0.2) is 53.4 Å². The van der Waals surface area contributed by atoms with Crippen molar-refractivity contribution in [2.24, 2.45) is 0 Å². The van der Waals surface area contributed by atoms with Crippen molar-refractivity contribution in [1.82, 2.24) is 4.31 Å². The largest absolute Gasteiger partial charge is 0.481 e. The Morgan fingerprint density at radius 3 is 1.97 bits per heavy atom. The van der Waals surface area contributed by atoms with Gasteiger partial charge in [-0.2, -0.15) is 17.5 Å². The lowest BCUT2D eigenvalue weighted by Gasteiger charge is -2.22. The molecule has 0 saturated carbocycles. The Kier molecular flexibility index (Phi) is 8.64. The summed E-state index contributed by atoms with van der Waals surface area (Å²) in [5.41, 5.74) is 1.03. The smallest absolute Gasteiger partial charge is 0.416 e. The number of aliphatic carboxylic acids is 1. The van der Waals surface area contributed by atoms with Gasteiger partial charge in [0.25, 0.3) is 0 Å². The molecule has 0 aliphatic rings. The van der Waals surface area contributed by atoms with Gasteiger partial charge in [-0.25, -0.2) is 8.42 Å². The van der Waals surface area contributed by atoms with Crippen LogP contribution in [0.2, 0.25) is 0 Å². The van der Waals surface area contributed by atoms with Crippen LogP contribution in [0.25, 0.3) is 0 Å². The predicted molar refractivity (Wildman–Crippen MR) is 111 cm³/mol. The molecule has 5 nitrogen and oxygen atoms in total. The zero-order valence-electron chi connectivity index (χ0n) is 17.2. The van der Waals surface area contributed by atoms with Crippen molar-refractivity contribution in [3.05, 3.63) is 65.2 Å². The Morgan fingerprint density at radius 1 is 0.935 bits per heavy atom.